The second-order valence-electron chi connectivity index (χ2n) is 7.84. The van der Waals surface area contributed by atoms with Crippen molar-refractivity contribution in [2.24, 2.45) is 5.41 Å². The number of ketones is 2. The molecule has 0 saturated heterocycles. The molecule has 1 heterocycles. The largest absolute Gasteiger partial charge is 0.508 e. The van der Waals surface area contributed by atoms with Crippen molar-refractivity contribution in [3.63, 3.8) is 0 Å². The Balaban J connectivity index is 2.06. The highest BCUT2D eigenvalue weighted by Gasteiger charge is 2.69. The van der Waals surface area contributed by atoms with E-state index in [2.05, 4.69) is 6.08 Å². The number of allylic oxidation sites excluding steroid dienone is 4. The zero-order valence-corrected chi connectivity index (χ0v) is 15.2. The molecular weight excluding hydrogens is 328 g/mol. The van der Waals surface area contributed by atoms with Crippen molar-refractivity contribution in [2.45, 2.75) is 45.1 Å². The van der Waals surface area contributed by atoms with Gasteiger partial charge in [0.15, 0.2) is 11.4 Å². The molecule has 2 bridgehead atoms. The van der Waals surface area contributed by atoms with Gasteiger partial charge in [-0.05, 0) is 57.5 Å². The standard InChI is InChI=1S/C22H22O4/c1-13(2)8-9-21-17-10-14(3)12-22(21,20(25)7-6-19(21)24)26-18-5-4-15(23)11-16(17)18/h4-8,10-11,17,23H,9,12H2,1-3H3/t17-,21+,22+/m1/s1. The van der Waals surface area contributed by atoms with Crippen molar-refractivity contribution < 1.29 is 19.4 Å². The molecule has 3 aliphatic rings. The van der Waals surface area contributed by atoms with Gasteiger partial charge in [-0.15, -0.1) is 0 Å². The molecule has 0 radical (unpaired) electrons. The summed E-state index contributed by atoms with van der Waals surface area (Å²) in [6, 6.07) is 4.89. The van der Waals surface area contributed by atoms with E-state index in [0.717, 1.165) is 16.7 Å². The van der Waals surface area contributed by atoms with Gasteiger partial charge in [0.1, 0.15) is 11.5 Å². The van der Waals surface area contributed by atoms with Gasteiger partial charge in [-0.1, -0.05) is 23.3 Å². The number of benzene rings is 1. The third kappa shape index (κ3) is 2.02. The summed E-state index contributed by atoms with van der Waals surface area (Å²) >= 11 is 0. The van der Waals surface area contributed by atoms with Crippen LogP contribution >= 0.6 is 0 Å². The molecule has 1 N–H and O–H groups in total. The van der Waals surface area contributed by atoms with Gasteiger partial charge in [-0.2, -0.15) is 0 Å². The quantitative estimate of drug-likeness (QED) is 0.819. The summed E-state index contributed by atoms with van der Waals surface area (Å²) in [5.74, 6) is 0.136. The van der Waals surface area contributed by atoms with Crippen molar-refractivity contribution in [2.75, 3.05) is 0 Å². The molecule has 4 rings (SSSR count). The molecule has 1 aliphatic heterocycles. The predicted octanol–water partition coefficient (Wildman–Crippen LogP) is 4.01. The molecule has 0 amide bonds. The number of hydrogen-bond acceptors (Lipinski definition) is 4. The highest BCUT2D eigenvalue weighted by Crippen LogP contribution is 2.63. The van der Waals surface area contributed by atoms with Gasteiger partial charge in [-0.25, -0.2) is 0 Å². The fourth-order valence-electron chi connectivity index (χ4n) is 4.73. The molecular formula is C22H22O4. The van der Waals surface area contributed by atoms with Gasteiger partial charge >= 0.3 is 0 Å². The summed E-state index contributed by atoms with van der Waals surface area (Å²) in [6.45, 7) is 5.93. The Bertz CT molecular complexity index is 916. The smallest absolute Gasteiger partial charge is 0.200 e. The minimum absolute atomic E-state index is 0.0858. The number of phenolic OH excluding ortho intramolecular Hbond substituents is 1. The first-order valence-corrected chi connectivity index (χ1v) is 8.90. The Morgan fingerprint density at radius 3 is 2.73 bits per heavy atom. The van der Waals surface area contributed by atoms with Crippen LogP contribution in [0.2, 0.25) is 0 Å². The molecule has 4 heteroatoms. The zero-order chi connectivity index (χ0) is 18.7. The Morgan fingerprint density at radius 2 is 2.00 bits per heavy atom. The Morgan fingerprint density at radius 1 is 1.27 bits per heavy atom. The highest BCUT2D eigenvalue weighted by molar-refractivity contribution is 6.14. The fraction of sp³-hybridized carbons (Fsp3) is 0.364. The lowest BCUT2D eigenvalue weighted by atomic mass is 9.49. The van der Waals surface area contributed by atoms with Crippen LogP contribution < -0.4 is 4.74 Å². The second kappa shape index (κ2) is 5.44. The van der Waals surface area contributed by atoms with Crippen LogP contribution in [0, 0.1) is 5.41 Å². The van der Waals surface area contributed by atoms with Crippen LogP contribution in [0.5, 0.6) is 11.5 Å². The molecule has 134 valence electrons. The summed E-state index contributed by atoms with van der Waals surface area (Å²) in [7, 11) is 0. The zero-order valence-electron chi connectivity index (χ0n) is 15.2. The number of hydrogen-bond donors (Lipinski definition) is 1. The van der Waals surface area contributed by atoms with E-state index in [0.29, 0.717) is 18.6 Å². The third-order valence-corrected chi connectivity index (χ3v) is 5.90. The average molecular weight is 350 g/mol. The number of ether oxygens (including phenoxy) is 1. The number of rotatable bonds is 2. The summed E-state index contributed by atoms with van der Waals surface area (Å²) in [6.07, 6.45) is 7.67. The Hall–Kier alpha value is -2.62. The van der Waals surface area contributed by atoms with Crippen LogP contribution in [0.4, 0.5) is 0 Å². The average Bonchev–Trinajstić information content (AvgIpc) is 2.57. The van der Waals surface area contributed by atoms with E-state index in [4.69, 9.17) is 4.74 Å². The molecule has 0 fully saturated rings. The van der Waals surface area contributed by atoms with Gasteiger partial charge in [0.2, 0.25) is 5.78 Å². The van der Waals surface area contributed by atoms with Gasteiger partial charge in [-0.3, -0.25) is 9.59 Å². The summed E-state index contributed by atoms with van der Waals surface area (Å²) in [4.78, 5) is 26.4. The molecule has 4 nitrogen and oxygen atoms in total. The monoisotopic (exact) mass is 350 g/mol. The van der Waals surface area contributed by atoms with Crippen molar-refractivity contribution in [1.82, 2.24) is 0 Å². The minimum Gasteiger partial charge on any atom is -0.508 e. The predicted molar refractivity (Wildman–Crippen MR) is 98.2 cm³/mol. The lowest BCUT2D eigenvalue weighted by molar-refractivity contribution is -0.162. The summed E-state index contributed by atoms with van der Waals surface area (Å²) in [5.41, 5.74) is 0.630. The number of carbonyl (C=O) groups excluding carboxylic acids is 2. The number of phenols is 1. The van der Waals surface area contributed by atoms with Crippen LogP contribution in [0.1, 0.15) is 45.1 Å². The van der Waals surface area contributed by atoms with Crippen molar-refractivity contribution in [3.8, 4) is 11.5 Å². The fourth-order valence-corrected chi connectivity index (χ4v) is 4.73. The molecule has 2 aliphatic carbocycles. The molecule has 1 aromatic rings. The van der Waals surface area contributed by atoms with Crippen molar-refractivity contribution >= 4 is 11.6 Å². The van der Waals surface area contributed by atoms with E-state index >= 15 is 0 Å². The van der Waals surface area contributed by atoms with Crippen LogP contribution in [0.3, 0.4) is 0 Å². The van der Waals surface area contributed by atoms with Crippen LogP contribution in [-0.4, -0.2) is 22.3 Å². The van der Waals surface area contributed by atoms with E-state index in [1.54, 1.807) is 18.2 Å². The van der Waals surface area contributed by atoms with Crippen molar-refractivity contribution in [3.05, 3.63) is 59.2 Å². The van der Waals surface area contributed by atoms with Gasteiger partial charge < -0.3 is 9.84 Å². The van der Waals surface area contributed by atoms with E-state index in [9.17, 15) is 14.7 Å². The number of fused-ring (bicyclic) bond motifs is 2. The lowest BCUT2D eigenvalue weighted by Gasteiger charge is -2.57. The molecule has 0 saturated carbocycles. The molecule has 0 aromatic heterocycles. The van der Waals surface area contributed by atoms with Gasteiger partial charge in [0.05, 0.1) is 5.41 Å². The molecule has 0 spiro atoms. The first-order valence-electron chi connectivity index (χ1n) is 8.90. The summed E-state index contributed by atoms with van der Waals surface area (Å²) in [5, 5.41) is 10.0. The van der Waals surface area contributed by atoms with Gasteiger partial charge in [0.25, 0.3) is 0 Å². The Kier molecular flexibility index (Phi) is 3.52. The number of aromatic hydroxyl groups is 1. The first-order chi connectivity index (χ1) is 12.3. The van der Waals surface area contributed by atoms with Crippen LogP contribution in [0.25, 0.3) is 0 Å². The maximum Gasteiger partial charge on any atom is 0.200 e. The molecule has 1 aromatic carbocycles. The molecule has 0 unspecified atom stereocenters. The van der Waals surface area contributed by atoms with Crippen LogP contribution in [0.15, 0.2) is 53.6 Å². The molecule has 26 heavy (non-hydrogen) atoms. The van der Waals surface area contributed by atoms with Crippen molar-refractivity contribution in [1.29, 1.82) is 0 Å². The van der Waals surface area contributed by atoms with Gasteiger partial charge in [0, 0.05) is 17.9 Å². The third-order valence-electron chi connectivity index (χ3n) is 5.90. The van der Waals surface area contributed by atoms with Crippen LogP contribution in [-0.2, 0) is 9.59 Å². The highest BCUT2D eigenvalue weighted by atomic mass is 16.5. The second-order valence-corrected chi connectivity index (χ2v) is 7.84. The Labute approximate surface area is 152 Å². The molecule has 3 atom stereocenters. The number of carbonyl (C=O) groups is 2. The normalized spacial score (nSPS) is 31.5. The van der Waals surface area contributed by atoms with E-state index in [1.165, 1.54) is 12.2 Å². The first kappa shape index (κ1) is 16.8. The van der Waals surface area contributed by atoms with E-state index in [1.807, 2.05) is 26.8 Å². The van der Waals surface area contributed by atoms with E-state index in [-0.39, 0.29) is 23.2 Å². The lowest BCUT2D eigenvalue weighted by Crippen LogP contribution is -2.68. The topological polar surface area (TPSA) is 63.6 Å². The van der Waals surface area contributed by atoms with E-state index < -0.39 is 11.0 Å². The maximum atomic E-state index is 13.3. The maximum absolute atomic E-state index is 13.3. The SMILES string of the molecule is CC(C)=CC[C@]12C(=O)C=CC(=O)[C@@]13CC(C)=C[C@@H]2c1cc(O)ccc1O3. The minimum atomic E-state index is -1.22. The summed E-state index contributed by atoms with van der Waals surface area (Å²) < 4.78 is 6.34.